The molecule has 0 atom stereocenters. The molecule has 0 spiro atoms. The van der Waals surface area contributed by atoms with Crippen LogP contribution in [0.25, 0.3) is 12.2 Å². The van der Waals surface area contributed by atoms with E-state index >= 15 is 0 Å². The molecule has 0 aliphatic heterocycles. The Morgan fingerprint density at radius 2 is 1.81 bits per heavy atom. The Labute approximate surface area is 124 Å². The smallest absolute Gasteiger partial charge is 0.338 e. The van der Waals surface area contributed by atoms with Gasteiger partial charge in [-0.1, -0.05) is 36.4 Å². The van der Waals surface area contributed by atoms with Crippen LogP contribution in [0.1, 0.15) is 27.0 Å². The minimum atomic E-state index is -0.336. The molecule has 0 unspecified atom stereocenters. The van der Waals surface area contributed by atoms with Crippen molar-refractivity contribution in [2.24, 2.45) is 0 Å². The number of methoxy groups -OCH3 is 2. The highest BCUT2D eigenvalue weighted by Gasteiger charge is 2.08. The van der Waals surface area contributed by atoms with Crippen LogP contribution in [0.5, 0.6) is 5.75 Å². The van der Waals surface area contributed by atoms with E-state index in [1.54, 1.807) is 13.2 Å². The summed E-state index contributed by atoms with van der Waals surface area (Å²) < 4.78 is 10.1. The maximum atomic E-state index is 11.7. The van der Waals surface area contributed by atoms with Crippen molar-refractivity contribution in [3.63, 3.8) is 0 Å². The van der Waals surface area contributed by atoms with Gasteiger partial charge < -0.3 is 9.47 Å². The Morgan fingerprint density at radius 1 is 1.05 bits per heavy atom. The predicted molar refractivity (Wildman–Crippen MR) is 84.4 cm³/mol. The van der Waals surface area contributed by atoms with Crippen molar-refractivity contribution in [1.82, 2.24) is 0 Å². The summed E-state index contributed by atoms with van der Waals surface area (Å²) in [5.74, 6) is 0.480. The largest absolute Gasteiger partial charge is 0.497 e. The van der Waals surface area contributed by atoms with E-state index in [2.05, 4.69) is 6.07 Å². The summed E-state index contributed by atoms with van der Waals surface area (Å²) in [5.41, 5.74) is 3.52. The third-order valence-electron chi connectivity index (χ3n) is 3.13. The van der Waals surface area contributed by atoms with E-state index in [1.165, 1.54) is 7.11 Å². The van der Waals surface area contributed by atoms with Crippen LogP contribution in [0.3, 0.4) is 0 Å². The molecule has 0 aromatic heterocycles. The zero-order valence-corrected chi connectivity index (χ0v) is 12.4. The van der Waals surface area contributed by atoms with Crippen molar-refractivity contribution >= 4 is 18.1 Å². The lowest BCUT2D eigenvalue weighted by molar-refractivity contribution is 0.0600. The maximum absolute atomic E-state index is 11.7. The first-order valence-corrected chi connectivity index (χ1v) is 6.65. The minimum absolute atomic E-state index is 0.336. The van der Waals surface area contributed by atoms with Gasteiger partial charge in [0.25, 0.3) is 0 Å². The first-order chi connectivity index (χ1) is 10.1. The van der Waals surface area contributed by atoms with Crippen LogP contribution in [-0.2, 0) is 4.74 Å². The Morgan fingerprint density at radius 3 is 2.52 bits per heavy atom. The molecule has 2 rings (SSSR count). The third kappa shape index (κ3) is 3.72. The van der Waals surface area contributed by atoms with Gasteiger partial charge in [0.15, 0.2) is 0 Å². The van der Waals surface area contributed by atoms with Crippen molar-refractivity contribution in [3.8, 4) is 5.75 Å². The van der Waals surface area contributed by atoms with Gasteiger partial charge in [-0.25, -0.2) is 4.79 Å². The summed E-state index contributed by atoms with van der Waals surface area (Å²) in [5, 5.41) is 0. The number of aryl methyl sites for hydroxylation is 1. The van der Waals surface area contributed by atoms with Crippen molar-refractivity contribution in [2.45, 2.75) is 6.92 Å². The Kier molecular flexibility index (Phi) is 4.77. The fraction of sp³-hybridized carbons (Fsp3) is 0.167. The van der Waals surface area contributed by atoms with Crippen LogP contribution < -0.4 is 4.74 Å². The van der Waals surface area contributed by atoms with Crippen molar-refractivity contribution < 1.29 is 14.3 Å². The predicted octanol–water partition coefficient (Wildman–Crippen LogP) is 3.96. The lowest BCUT2D eigenvalue weighted by atomic mass is 10.0. The van der Waals surface area contributed by atoms with Gasteiger partial charge in [0.05, 0.1) is 19.8 Å². The van der Waals surface area contributed by atoms with Crippen LogP contribution in [0, 0.1) is 6.92 Å². The Hall–Kier alpha value is -2.55. The molecule has 3 nitrogen and oxygen atoms in total. The maximum Gasteiger partial charge on any atom is 0.338 e. The minimum Gasteiger partial charge on any atom is -0.497 e. The number of benzene rings is 2. The molecule has 0 bridgehead atoms. The summed E-state index contributed by atoms with van der Waals surface area (Å²) in [6, 6.07) is 13.3. The standard InChI is InChI=1S/C18H18O3/c1-13-10-14(12-16(11-13)20-2)8-9-15-6-4-5-7-17(15)18(19)21-3/h4-12H,1-3H3/b9-8+. The average Bonchev–Trinajstić information content (AvgIpc) is 2.51. The molecule has 0 saturated heterocycles. The van der Waals surface area contributed by atoms with Gasteiger partial charge in [-0.2, -0.15) is 0 Å². The second-order valence-electron chi connectivity index (χ2n) is 4.70. The number of hydrogen-bond acceptors (Lipinski definition) is 3. The van der Waals surface area contributed by atoms with Crippen LogP contribution in [0.2, 0.25) is 0 Å². The van der Waals surface area contributed by atoms with Gasteiger partial charge in [0.1, 0.15) is 5.75 Å². The quantitative estimate of drug-likeness (QED) is 0.629. The molecule has 0 radical (unpaired) electrons. The second kappa shape index (κ2) is 6.75. The number of hydrogen-bond donors (Lipinski definition) is 0. The monoisotopic (exact) mass is 282 g/mol. The van der Waals surface area contributed by atoms with Crippen molar-refractivity contribution in [3.05, 3.63) is 64.7 Å². The molecule has 0 heterocycles. The lowest BCUT2D eigenvalue weighted by Crippen LogP contribution is -2.02. The van der Waals surface area contributed by atoms with Gasteiger partial charge in [0, 0.05) is 0 Å². The number of carbonyl (C=O) groups excluding carboxylic acids is 1. The molecular formula is C18H18O3. The third-order valence-corrected chi connectivity index (χ3v) is 3.13. The fourth-order valence-electron chi connectivity index (χ4n) is 2.11. The first kappa shape index (κ1) is 14.9. The fourth-order valence-corrected chi connectivity index (χ4v) is 2.11. The van der Waals surface area contributed by atoms with Gasteiger partial charge in [-0.3, -0.25) is 0 Å². The number of rotatable bonds is 4. The van der Waals surface area contributed by atoms with Gasteiger partial charge in [-0.15, -0.1) is 0 Å². The van der Waals surface area contributed by atoms with E-state index in [1.807, 2.05) is 49.4 Å². The van der Waals surface area contributed by atoms with Crippen LogP contribution in [0.15, 0.2) is 42.5 Å². The number of esters is 1. The molecule has 0 N–H and O–H groups in total. The van der Waals surface area contributed by atoms with Crippen molar-refractivity contribution in [1.29, 1.82) is 0 Å². The normalized spacial score (nSPS) is 10.6. The van der Waals surface area contributed by atoms with Crippen LogP contribution >= 0.6 is 0 Å². The summed E-state index contributed by atoms with van der Waals surface area (Å²) in [4.78, 5) is 11.7. The summed E-state index contributed by atoms with van der Waals surface area (Å²) in [6.45, 7) is 2.02. The zero-order valence-electron chi connectivity index (χ0n) is 12.4. The molecule has 108 valence electrons. The topological polar surface area (TPSA) is 35.5 Å². The van der Waals surface area contributed by atoms with E-state index in [9.17, 15) is 4.79 Å². The van der Waals surface area contributed by atoms with Gasteiger partial charge in [-0.05, 0) is 41.8 Å². The van der Waals surface area contributed by atoms with E-state index in [-0.39, 0.29) is 5.97 Å². The number of ether oxygens (including phenoxy) is 2. The van der Waals surface area contributed by atoms with E-state index < -0.39 is 0 Å². The first-order valence-electron chi connectivity index (χ1n) is 6.65. The highest BCUT2D eigenvalue weighted by molar-refractivity contribution is 5.94. The molecule has 2 aromatic rings. The molecule has 0 fully saturated rings. The number of carbonyl (C=O) groups is 1. The summed E-state index contributed by atoms with van der Waals surface area (Å²) in [6.07, 6.45) is 3.86. The summed E-state index contributed by atoms with van der Waals surface area (Å²) >= 11 is 0. The van der Waals surface area contributed by atoms with Gasteiger partial charge >= 0.3 is 5.97 Å². The van der Waals surface area contributed by atoms with E-state index in [0.29, 0.717) is 5.56 Å². The molecule has 21 heavy (non-hydrogen) atoms. The Balaban J connectivity index is 2.34. The molecule has 0 amide bonds. The highest BCUT2D eigenvalue weighted by Crippen LogP contribution is 2.19. The zero-order chi connectivity index (χ0) is 15.2. The highest BCUT2D eigenvalue weighted by atomic mass is 16.5. The van der Waals surface area contributed by atoms with Gasteiger partial charge in [0.2, 0.25) is 0 Å². The van der Waals surface area contributed by atoms with Crippen LogP contribution in [-0.4, -0.2) is 20.2 Å². The van der Waals surface area contributed by atoms with E-state index in [4.69, 9.17) is 9.47 Å². The average molecular weight is 282 g/mol. The SMILES string of the molecule is COC(=O)c1ccccc1/C=C/c1cc(C)cc(OC)c1. The molecule has 2 aromatic carbocycles. The second-order valence-corrected chi connectivity index (χ2v) is 4.70. The molecule has 0 saturated carbocycles. The molecule has 3 heteroatoms. The van der Waals surface area contributed by atoms with Crippen LogP contribution in [0.4, 0.5) is 0 Å². The van der Waals surface area contributed by atoms with Crippen molar-refractivity contribution in [2.75, 3.05) is 14.2 Å². The lowest BCUT2D eigenvalue weighted by Gasteiger charge is -2.05. The molecular weight excluding hydrogens is 264 g/mol. The van der Waals surface area contributed by atoms with E-state index in [0.717, 1.165) is 22.4 Å². The molecule has 0 aliphatic rings. The summed E-state index contributed by atoms with van der Waals surface area (Å²) in [7, 11) is 3.03. The Bertz CT molecular complexity index is 672. The molecule has 0 aliphatic carbocycles.